The van der Waals surface area contributed by atoms with E-state index in [-0.39, 0.29) is 31.2 Å². The van der Waals surface area contributed by atoms with Gasteiger partial charge in [-0.3, -0.25) is 14.9 Å². The molecule has 0 bridgehead atoms. The van der Waals surface area contributed by atoms with Gasteiger partial charge in [0.25, 0.3) is 0 Å². The molecule has 6 rings (SSSR count). The molecule has 0 saturated heterocycles. The summed E-state index contributed by atoms with van der Waals surface area (Å²) in [6.07, 6.45) is 5.91. The quantitative estimate of drug-likeness (QED) is 0.0923. The van der Waals surface area contributed by atoms with Gasteiger partial charge in [0.1, 0.15) is 12.1 Å². The van der Waals surface area contributed by atoms with Crippen LogP contribution in [0.15, 0.2) is 128 Å². The molecule has 4 N–H and O–H groups in total. The number of H-pyrrole nitrogens is 1. The third-order valence-electron chi connectivity index (χ3n) is 10.3. The van der Waals surface area contributed by atoms with Crippen LogP contribution in [0.4, 0.5) is 0 Å². The number of rotatable bonds is 15. The third kappa shape index (κ3) is 7.94. The van der Waals surface area contributed by atoms with Crippen molar-refractivity contribution in [1.82, 2.24) is 25.5 Å². The summed E-state index contributed by atoms with van der Waals surface area (Å²) in [5.74, 6) is -1.43. The molecular formula is C43H47N5O4S. The van der Waals surface area contributed by atoms with Gasteiger partial charge in [-0.2, -0.15) is 11.8 Å². The molecule has 4 atom stereocenters. The van der Waals surface area contributed by atoms with Crippen LogP contribution in [0.5, 0.6) is 0 Å². The first-order valence-electron chi connectivity index (χ1n) is 18.1. The maximum absolute atomic E-state index is 15.2. The number of hydrogen-bond acceptors (Lipinski definition) is 6. The molecule has 0 aliphatic carbocycles. The number of nitrogens with zero attached hydrogens (tertiary/aromatic N) is 2. The van der Waals surface area contributed by atoms with Gasteiger partial charge in [-0.1, -0.05) is 129 Å². The van der Waals surface area contributed by atoms with E-state index in [0.717, 1.165) is 33.5 Å². The van der Waals surface area contributed by atoms with Gasteiger partial charge in [0.15, 0.2) is 0 Å². The zero-order valence-electron chi connectivity index (χ0n) is 30.3. The van der Waals surface area contributed by atoms with Crippen LogP contribution in [0.1, 0.15) is 59.8 Å². The molecule has 1 aliphatic rings. The number of amides is 2. The van der Waals surface area contributed by atoms with E-state index in [2.05, 4.69) is 57.0 Å². The van der Waals surface area contributed by atoms with Gasteiger partial charge < -0.3 is 20.3 Å². The molecule has 2 amide bonds. The first kappa shape index (κ1) is 37.6. The maximum atomic E-state index is 15.2. The number of carbonyl (C=O) groups is 3. The van der Waals surface area contributed by atoms with Crippen LogP contribution in [0.3, 0.4) is 0 Å². The van der Waals surface area contributed by atoms with Crippen molar-refractivity contribution in [3.05, 3.63) is 161 Å². The molecular weight excluding hydrogens is 683 g/mol. The average molecular weight is 730 g/mol. The lowest BCUT2D eigenvalue weighted by atomic mass is 9.63. The minimum atomic E-state index is -1.09. The van der Waals surface area contributed by atoms with E-state index in [1.807, 2.05) is 99.0 Å². The summed E-state index contributed by atoms with van der Waals surface area (Å²) in [5, 5.41) is 16.6. The highest BCUT2D eigenvalue weighted by Crippen LogP contribution is 2.48. The summed E-state index contributed by atoms with van der Waals surface area (Å²) in [5.41, 5.74) is 4.93. The summed E-state index contributed by atoms with van der Waals surface area (Å²) >= 11 is 1.52. The number of fused-ring (bicyclic) bond motifs is 1. The molecule has 0 radical (unpaired) electrons. The van der Waals surface area contributed by atoms with E-state index in [4.69, 9.17) is 0 Å². The Morgan fingerprint density at radius 1 is 0.868 bits per heavy atom. The number of nitrogens with one attached hydrogen (secondary N) is 3. The van der Waals surface area contributed by atoms with Gasteiger partial charge in [0.05, 0.1) is 29.5 Å². The highest BCUT2D eigenvalue weighted by Gasteiger charge is 2.48. The molecule has 2 heterocycles. The Kier molecular flexibility index (Phi) is 12.1. The second kappa shape index (κ2) is 17.1. The van der Waals surface area contributed by atoms with Crippen LogP contribution < -0.4 is 10.6 Å². The molecule has 1 aliphatic heterocycles. The molecule has 0 spiro atoms. The van der Waals surface area contributed by atoms with Crippen molar-refractivity contribution in [2.45, 2.75) is 62.8 Å². The number of thioether (sulfide) groups is 1. The van der Waals surface area contributed by atoms with Crippen molar-refractivity contribution in [2.75, 3.05) is 12.0 Å². The van der Waals surface area contributed by atoms with Crippen molar-refractivity contribution >= 4 is 29.5 Å². The van der Waals surface area contributed by atoms with Gasteiger partial charge in [-0.05, 0) is 52.2 Å². The largest absolute Gasteiger partial charge is 0.480 e. The first-order chi connectivity index (χ1) is 25.7. The summed E-state index contributed by atoms with van der Waals surface area (Å²) in [6, 6.07) is 35.5. The maximum Gasteiger partial charge on any atom is 0.326 e. The van der Waals surface area contributed by atoms with Crippen LogP contribution in [0.2, 0.25) is 0 Å². The Hall–Kier alpha value is -5.19. The Bertz CT molecular complexity index is 1860. The van der Waals surface area contributed by atoms with Gasteiger partial charge in [-0.25, -0.2) is 9.78 Å². The second-order valence-corrected chi connectivity index (χ2v) is 14.9. The average Bonchev–Trinajstić information content (AvgIpc) is 3.73. The van der Waals surface area contributed by atoms with Crippen molar-refractivity contribution in [2.24, 2.45) is 5.92 Å². The molecule has 53 heavy (non-hydrogen) atoms. The zero-order chi connectivity index (χ0) is 37.4. The number of carboxylic acid groups (broad SMARTS) is 1. The monoisotopic (exact) mass is 729 g/mol. The SMILES string of the molecule is CSCC[C@H](NC(=O)[C@H]1Cc2ccccc2CN1C(=O)[C@@H](NC(c1cnc[nH]1)C(c1ccccc1)(c1ccccc1)c1ccccc1)C(C)C)C(=O)O. The molecule has 0 saturated carbocycles. The summed E-state index contributed by atoms with van der Waals surface area (Å²) in [6.45, 7) is 4.23. The van der Waals surface area contributed by atoms with Crippen LogP contribution >= 0.6 is 11.8 Å². The predicted octanol–water partition coefficient (Wildman–Crippen LogP) is 6.38. The Morgan fingerprint density at radius 3 is 1.91 bits per heavy atom. The normalized spacial score (nSPS) is 16.0. The highest BCUT2D eigenvalue weighted by atomic mass is 32.2. The second-order valence-electron chi connectivity index (χ2n) is 13.9. The number of aromatic amines is 1. The van der Waals surface area contributed by atoms with Crippen molar-refractivity contribution < 1.29 is 19.5 Å². The zero-order valence-corrected chi connectivity index (χ0v) is 31.1. The number of aromatic nitrogens is 2. The van der Waals surface area contributed by atoms with E-state index in [9.17, 15) is 14.7 Å². The van der Waals surface area contributed by atoms with E-state index in [0.29, 0.717) is 5.75 Å². The molecule has 5 aromatic rings. The number of benzene rings is 4. The Balaban J connectivity index is 1.47. The van der Waals surface area contributed by atoms with Crippen LogP contribution in [-0.2, 0) is 32.8 Å². The summed E-state index contributed by atoms with van der Waals surface area (Å²) < 4.78 is 0. The van der Waals surface area contributed by atoms with E-state index >= 15 is 4.79 Å². The number of carboxylic acids is 1. The molecule has 9 nitrogen and oxygen atoms in total. The Labute approximate surface area is 315 Å². The van der Waals surface area contributed by atoms with E-state index in [1.165, 1.54) is 11.8 Å². The lowest BCUT2D eigenvalue weighted by Crippen LogP contribution is -2.61. The fraction of sp³-hybridized carbons (Fsp3) is 0.302. The number of carbonyl (C=O) groups excluding carboxylic acids is 2. The molecule has 4 aromatic carbocycles. The molecule has 10 heteroatoms. The summed E-state index contributed by atoms with van der Waals surface area (Å²) in [4.78, 5) is 51.0. The van der Waals surface area contributed by atoms with Gasteiger partial charge in [-0.15, -0.1) is 0 Å². The van der Waals surface area contributed by atoms with Crippen molar-refractivity contribution in [3.8, 4) is 0 Å². The minimum Gasteiger partial charge on any atom is -0.480 e. The van der Waals surface area contributed by atoms with Crippen LogP contribution in [0, 0.1) is 5.92 Å². The molecule has 1 aromatic heterocycles. The lowest BCUT2D eigenvalue weighted by molar-refractivity contribution is -0.147. The summed E-state index contributed by atoms with van der Waals surface area (Å²) in [7, 11) is 0. The lowest BCUT2D eigenvalue weighted by Gasteiger charge is -2.45. The van der Waals surface area contributed by atoms with Crippen molar-refractivity contribution in [1.29, 1.82) is 0 Å². The third-order valence-corrected chi connectivity index (χ3v) is 10.9. The fourth-order valence-corrected chi connectivity index (χ4v) is 8.10. The number of aliphatic carboxylic acids is 1. The first-order valence-corrected chi connectivity index (χ1v) is 19.4. The highest BCUT2D eigenvalue weighted by molar-refractivity contribution is 7.98. The van der Waals surface area contributed by atoms with Gasteiger partial charge in [0.2, 0.25) is 11.8 Å². The van der Waals surface area contributed by atoms with Gasteiger partial charge >= 0.3 is 5.97 Å². The molecule has 274 valence electrons. The predicted molar refractivity (Wildman–Crippen MR) is 209 cm³/mol. The Morgan fingerprint density at radius 2 is 1.42 bits per heavy atom. The fourth-order valence-electron chi connectivity index (χ4n) is 7.63. The number of hydrogen-bond donors (Lipinski definition) is 4. The van der Waals surface area contributed by atoms with E-state index in [1.54, 1.807) is 17.4 Å². The topological polar surface area (TPSA) is 127 Å². The van der Waals surface area contributed by atoms with Gasteiger partial charge in [0, 0.05) is 19.2 Å². The molecule has 1 unspecified atom stereocenters. The number of imidazole rings is 1. The van der Waals surface area contributed by atoms with Crippen molar-refractivity contribution in [3.63, 3.8) is 0 Å². The molecule has 0 fully saturated rings. The van der Waals surface area contributed by atoms with Crippen LogP contribution in [0.25, 0.3) is 0 Å². The minimum absolute atomic E-state index is 0.206. The van der Waals surface area contributed by atoms with Crippen LogP contribution in [-0.4, -0.2) is 67.9 Å². The standard InChI is InChI=1S/C43H47N5O4S/c1-29(2)38(41(50)48-27-31-16-14-13-15-30(31)25-37(48)40(49)46-35(42(51)52)23-24-53-3)47-39(36-26-44-28-45-36)43(32-17-7-4-8-18-32,33-19-9-5-10-20-33)34-21-11-6-12-22-34/h4-22,26,28-29,35,37-39,47H,23-25,27H2,1-3H3,(H,44,45)(H,46,49)(H,51,52)/t35-,37+,38-,39?/m0/s1. The van der Waals surface area contributed by atoms with E-state index < -0.39 is 41.5 Å². The smallest absolute Gasteiger partial charge is 0.326 e.